The summed E-state index contributed by atoms with van der Waals surface area (Å²) in [5, 5.41) is 9.55. The number of hydrogen-bond donors (Lipinski definition) is 2. The zero-order valence-electron chi connectivity index (χ0n) is 9.06. The summed E-state index contributed by atoms with van der Waals surface area (Å²) in [6.07, 6.45) is 0. The summed E-state index contributed by atoms with van der Waals surface area (Å²) in [4.78, 5) is 2.23. The molecule has 0 aliphatic rings. The molecule has 5 heteroatoms. The number of rotatable bonds is 5. The molecule has 0 radical (unpaired) electrons. The van der Waals surface area contributed by atoms with Crippen LogP contribution >= 0.6 is 23.8 Å². The Morgan fingerprint density at radius 3 is 2.69 bits per heavy atom. The van der Waals surface area contributed by atoms with Gasteiger partial charge in [-0.3, -0.25) is 4.90 Å². The Kier molecular flexibility index (Phi) is 5.15. The summed E-state index contributed by atoms with van der Waals surface area (Å²) in [6.45, 7) is 0.549. The minimum Gasteiger partial charge on any atom is -0.395 e. The Morgan fingerprint density at radius 2 is 2.19 bits per heavy atom. The van der Waals surface area contributed by atoms with Gasteiger partial charge in [-0.15, -0.1) is 0 Å². The van der Waals surface area contributed by atoms with Gasteiger partial charge in [0.15, 0.2) is 0 Å². The van der Waals surface area contributed by atoms with E-state index in [0.29, 0.717) is 16.6 Å². The number of thiocarbonyl (C=S) groups is 1. The second-order valence-electron chi connectivity index (χ2n) is 3.53. The molecule has 3 N–H and O–H groups in total. The van der Waals surface area contributed by atoms with E-state index in [2.05, 4.69) is 0 Å². The molecular formula is C11H15ClN2OS. The van der Waals surface area contributed by atoms with Crippen molar-refractivity contribution in [1.29, 1.82) is 0 Å². The first kappa shape index (κ1) is 13.4. The number of nitrogens with two attached hydrogens (primary N) is 1. The van der Waals surface area contributed by atoms with Gasteiger partial charge in [-0.05, 0) is 18.7 Å². The molecule has 0 fully saturated rings. The van der Waals surface area contributed by atoms with Gasteiger partial charge in [0, 0.05) is 11.6 Å². The minimum absolute atomic E-state index is 0.0556. The Balaban J connectivity index is 3.03. The molecule has 3 nitrogen and oxygen atoms in total. The summed E-state index contributed by atoms with van der Waals surface area (Å²) < 4.78 is 0. The molecule has 1 aromatic carbocycles. The van der Waals surface area contributed by atoms with E-state index < -0.39 is 0 Å². The van der Waals surface area contributed by atoms with Crippen molar-refractivity contribution >= 4 is 28.8 Å². The molecule has 0 heterocycles. The highest BCUT2D eigenvalue weighted by atomic mass is 35.5. The largest absolute Gasteiger partial charge is 0.395 e. The van der Waals surface area contributed by atoms with Gasteiger partial charge in [0.2, 0.25) is 0 Å². The van der Waals surface area contributed by atoms with Crippen molar-refractivity contribution in [1.82, 2.24) is 4.90 Å². The minimum atomic E-state index is -0.240. The van der Waals surface area contributed by atoms with Crippen molar-refractivity contribution in [3.63, 3.8) is 0 Å². The van der Waals surface area contributed by atoms with Crippen molar-refractivity contribution in [2.45, 2.75) is 6.04 Å². The number of nitrogens with zero attached hydrogens (tertiary/aromatic N) is 1. The third-order valence-corrected chi connectivity index (χ3v) is 2.93. The van der Waals surface area contributed by atoms with Crippen LogP contribution in [-0.4, -0.2) is 35.2 Å². The van der Waals surface area contributed by atoms with E-state index in [1.54, 1.807) is 6.07 Å². The number of benzene rings is 1. The quantitative estimate of drug-likeness (QED) is 0.788. The van der Waals surface area contributed by atoms with E-state index in [0.717, 1.165) is 5.56 Å². The number of aliphatic hydroxyl groups is 1. The van der Waals surface area contributed by atoms with Crippen molar-refractivity contribution in [2.24, 2.45) is 5.73 Å². The maximum Gasteiger partial charge on any atom is 0.0948 e. The fourth-order valence-electron chi connectivity index (χ4n) is 1.59. The van der Waals surface area contributed by atoms with Gasteiger partial charge in [-0.25, -0.2) is 0 Å². The van der Waals surface area contributed by atoms with Gasteiger partial charge in [0.25, 0.3) is 0 Å². The average molecular weight is 259 g/mol. The molecule has 16 heavy (non-hydrogen) atoms. The number of likely N-dealkylation sites (N-methyl/N-ethyl adjacent to an activating group) is 1. The molecule has 1 unspecified atom stereocenters. The van der Waals surface area contributed by atoms with E-state index in [4.69, 9.17) is 34.7 Å². The summed E-state index contributed by atoms with van der Waals surface area (Å²) in [6, 6.07) is 7.19. The molecule has 1 rings (SSSR count). The lowest BCUT2D eigenvalue weighted by molar-refractivity contribution is 0.207. The van der Waals surface area contributed by atoms with Crippen molar-refractivity contribution in [3.8, 4) is 0 Å². The highest BCUT2D eigenvalue weighted by molar-refractivity contribution is 7.80. The van der Waals surface area contributed by atoms with Gasteiger partial charge in [-0.2, -0.15) is 0 Å². The molecule has 0 saturated carbocycles. The topological polar surface area (TPSA) is 49.5 Å². The lowest BCUT2D eigenvalue weighted by Gasteiger charge is -2.27. The second-order valence-corrected chi connectivity index (χ2v) is 4.41. The zero-order valence-corrected chi connectivity index (χ0v) is 10.6. The molecule has 1 atom stereocenters. The second kappa shape index (κ2) is 6.15. The van der Waals surface area contributed by atoms with Gasteiger partial charge < -0.3 is 10.8 Å². The summed E-state index contributed by atoms with van der Waals surface area (Å²) in [7, 11) is 1.85. The fourth-order valence-corrected chi connectivity index (χ4v) is 2.14. The lowest BCUT2D eigenvalue weighted by Crippen LogP contribution is -2.36. The van der Waals surface area contributed by atoms with Crippen LogP contribution < -0.4 is 5.73 Å². The Labute approximate surface area is 106 Å². The molecule has 0 aliphatic carbocycles. The molecule has 0 spiro atoms. The van der Waals surface area contributed by atoms with E-state index in [1.165, 1.54) is 0 Å². The van der Waals surface area contributed by atoms with Crippen LogP contribution in [-0.2, 0) is 0 Å². The zero-order chi connectivity index (χ0) is 12.1. The summed E-state index contributed by atoms with van der Waals surface area (Å²) >= 11 is 11.1. The van der Waals surface area contributed by atoms with Gasteiger partial charge in [-0.1, -0.05) is 42.0 Å². The van der Waals surface area contributed by atoms with Crippen LogP contribution in [0.5, 0.6) is 0 Å². The number of aliphatic hydroxyl groups excluding tert-OH is 1. The predicted octanol–water partition coefficient (Wildman–Crippen LogP) is 1.59. The molecule has 1 aromatic rings. The number of halogens is 1. The molecular weight excluding hydrogens is 244 g/mol. The molecule has 0 aliphatic heterocycles. The molecule has 0 saturated heterocycles. The maximum absolute atomic E-state index is 8.92. The average Bonchev–Trinajstić information content (AvgIpc) is 2.21. The van der Waals surface area contributed by atoms with Crippen LogP contribution in [0, 0.1) is 0 Å². The van der Waals surface area contributed by atoms with E-state index in [9.17, 15) is 0 Å². The normalized spacial score (nSPS) is 12.8. The number of hydrogen-bond acceptors (Lipinski definition) is 3. The third kappa shape index (κ3) is 3.15. The Bertz CT molecular complexity index is 373. The van der Waals surface area contributed by atoms with Crippen molar-refractivity contribution in [2.75, 3.05) is 20.2 Å². The van der Waals surface area contributed by atoms with E-state index >= 15 is 0 Å². The van der Waals surface area contributed by atoms with Crippen LogP contribution in [0.1, 0.15) is 11.6 Å². The molecule has 0 aromatic heterocycles. The highest BCUT2D eigenvalue weighted by Gasteiger charge is 2.21. The van der Waals surface area contributed by atoms with Crippen molar-refractivity contribution < 1.29 is 5.11 Å². The monoisotopic (exact) mass is 258 g/mol. The third-order valence-electron chi connectivity index (χ3n) is 2.36. The standard InChI is InChI=1S/C11H15ClN2OS/c1-14(6-7-15)10(11(13)16)8-4-2-3-5-9(8)12/h2-5,10,15H,6-7H2,1H3,(H2,13,16). The maximum atomic E-state index is 8.92. The van der Waals surface area contributed by atoms with Crippen LogP contribution in [0.4, 0.5) is 0 Å². The Hall–Kier alpha value is -0.680. The first-order valence-electron chi connectivity index (χ1n) is 4.92. The van der Waals surface area contributed by atoms with Crippen molar-refractivity contribution in [3.05, 3.63) is 34.9 Å². The first-order valence-corrected chi connectivity index (χ1v) is 5.71. The molecule has 0 amide bonds. The van der Waals surface area contributed by atoms with Gasteiger partial charge in [0.05, 0.1) is 17.6 Å². The van der Waals surface area contributed by atoms with E-state index in [1.807, 2.05) is 30.1 Å². The highest BCUT2D eigenvalue weighted by Crippen LogP contribution is 2.26. The first-order chi connectivity index (χ1) is 7.57. The van der Waals surface area contributed by atoms with E-state index in [-0.39, 0.29) is 12.6 Å². The van der Waals surface area contributed by atoms with Crippen LogP contribution in [0.3, 0.4) is 0 Å². The van der Waals surface area contributed by atoms with Crippen LogP contribution in [0.25, 0.3) is 0 Å². The Morgan fingerprint density at radius 1 is 1.56 bits per heavy atom. The molecule has 0 bridgehead atoms. The molecule has 88 valence electrons. The SMILES string of the molecule is CN(CCO)C(C(N)=S)c1ccccc1Cl. The van der Waals surface area contributed by atoms with Gasteiger partial charge in [0.1, 0.15) is 0 Å². The summed E-state index contributed by atoms with van der Waals surface area (Å²) in [5.41, 5.74) is 6.59. The fraction of sp³-hybridized carbons (Fsp3) is 0.364. The van der Waals surface area contributed by atoms with Crippen LogP contribution in [0.2, 0.25) is 5.02 Å². The predicted molar refractivity (Wildman–Crippen MR) is 70.7 cm³/mol. The lowest BCUT2D eigenvalue weighted by atomic mass is 10.1. The smallest absolute Gasteiger partial charge is 0.0948 e. The van der Waals surface area contributed by atoms with Crippen LogP contribution in [0.15, 0.2) is 24.3 Å². The van der Waals surface area contributed by atoms with Gasteiger partial charge >= 0.3 is 0 Å². The summed E-state index contributed by atoms with van der Waals surface area (Å²) in [5.74, 6) is 0.